The number of anilines is 1. The first-order valence-corrected chi connectivity index (χ1v) is 19.6. The third kappa shape index (κ3) is 10.5. The van der Waals surface area contributed by atoms with Gasteiger partial charge in [-0.2, -0.15) is 4.31 Å². The van der Waals surface area contributed by atoms with Gasteiger partial charge in [0.05, 0.1) is 55.8 Å². The Bertz CT molecular complexity index is 1620. The molecule has 5 atom stereocenters. The Morgan fingerprint density at radius 1 is 0.941 bits per heavy atom. The Hall–Kier alpha value is -3.03. The first-order chi connectivity index (χ1) is 24.6. The lowest BCUT2D eigenvalue weighted by Crippen LogP contribution is -2.53. The molecule has 1 fully saturated rings. The number of piperidine rings is 1. The summed E-state index contributed by atoms with van der Waals surface area (Å²) < 4.78 is 59.2. The third-order valence-corrected chi connectivity index (χ3v) is 11.7. The van der Waals surface area contributed by atoms with Crippen molar-refractivity contribution in [1.82, 2.24) is 4.31 Å². The zero-order valence-electron chi connectivity index (χ0n) is 30.8. The van der Waals surface area contributed by atoms with Crippen LogP contribution in [-0.4, -0.2) is 96.4 Å². The minimum atomic E-state index is -3.87. The summed E-state index contributed by atoms with van der Waals surface area (Å²) in [5.74, 6) is 1.06. The van der Waals surface area contributed by atoms with Crippen LogP contribution in [0.5, 0.6) is 5.75 Å². The third-order valence-electron chi connectivity index (χ3n) is 9.74. The van der Waals surface area contributed by atoms with Gasteiger partial charge in [0.2, 0.25) is 10.0 Å². The van der Waals surface area contributed by atoms with Gasteiger partial charge in [0.15, 0.2) is 0 Å². The molecule has 2 aliphatic heterocycles. The Morgan fingerprint density at radius 3 is 2.39 bits per heavy atom. The van der Waals surface area contributed by atoms with Crippen LogP contribution in [0.25, 0.3) is 0 Å². The van der Waals surface area contributed by atoms with Crippen molar-refractivity contribution in [3.63, 3.8) is 0 Å². The second-order valence-electron chi connectivity index (χ2n) is 14.1. The lowest BCUT2D eigenvalue weighted by molar-refractivity contribution is -0.0254. The number of rotatable bonds is 18. The van der Waals surface area contributed by atoms with E-state index in [0.29, 0.717) is 58.4 Å². The molecule has 10 nitrogen and oxygen atoms in total. The fourth-order valence-electron chi connectivity index (χ4n) is 7.10. The Balaban J connectivity index is 1.40. The molecule has 51 heavy (non-hydrogen) atoms. The number of aliphatic hydroxyl groups excluding tert-OH is 1. The van der Waals surface area contributed by atoms with Gasteiger partial charge in [0.1, 0.15) is 12.4 Å². The van der Waals surface area contributed by atoms with E-state index in [1.165, 1.54) is 0 Å². The van der Waals surface area contributed by atoms with Crippen molar-refractivity contribution in [3.8, 4) is 5.75 Å². The number of hydrogen-bond acceptors (Lipinski definition) is 9. The molecule has 0 bridgehead atoms. The second kappa shape index (κ2) is 18.6. The fraction of sp³-hybridized carbons (Fsp3) is 0.550. The van der Waals surface area contributed by atoms with Crippen molar-refractivity contribution < 1.29 is 37.2 Å². The van der Waals surface area contributed by atoms with Crippen molar-refractivity contribution in [1.29, 1.82) is 0 Å². The summed E-state index contributed by atoms with van der Waals surface area (Å²) in [4.78, 5) is 2.57. The highest BCUT2D eigenvalue weighted by molar-refractivity contribution is 7.89. The molecule has 0 aromatic heterocycles. The highest BCUT2D eigenvalue weighted by Crippen LogP contribution is 2.39. The van der Waals surface area contributed by atoms with Crippen molar-refractivity contribution in [2.75, 3.05) is 65.2 Å². The number of sulfonamides is 1. The van der Waals surface area contributed by atoms with Crippen LogP contribution >= 0.6 is 0 Å². The quantitative estimate of drug-likeness (QED) is 0.160. The summed E-state index contributed by atoms with van der Waals surface area (Å²) in [7, 11) is -0.457. The minimum absolute atomic E-state index is 0.0959. The molecule has 1 saturated heterocycles. The number of methoxy groups -OCH3 is 2. The van der Waals surface area contributed by atoms with Crippen molar-refractivity contribution in [3.05, 3.63) is 89.0 Å². The largest absolute Gasteiger partial charge is 0.490 e. The van der Waals surface area contributed by atoms with Crippen molar-refractivity contribution >= 4 is 15.7 Å². The molecule has 2 aliphatic rings. The fourth-order valence-corrected chi connectivity index (χ4v) is 8.76. The van der Waals surface area contributed by atoms with Gasteiger partial charge in [-0.3, -0.25) is 0 Å². The molecule has 11 heteroatoms. The van der Waals surface area contributed by atoms with Gasteiger partial charge < -0.3 is 33.7 Å². The molecule has 0 spiro atoms. The topological polar surface area (TPSA) is 107 Å². The van der Waals surface area contributed by atoms with E-state index < -0.39 is 28.3 Å². The SMILES string of the molecule is COCCCN1CCOc2ccc(CO[C@H]3CN(S(=O)(=O)c4ccc(C)cc4)[C@@H](CC(C)O)C[C@@H]3c3ccc(COCC(C)COC)cc3)cc21. The van der Waals surface area contributed by atoms with Crippen molar-refractivity contribution in [2.24, 2.45) is 5.92 Å². The van der Waals surface area contributed by atoms with Crippen LogP contribution in [0, 0.1) is 12.8 Å². The maximum atomic E-state index is 14.2. The van der Waals surface area contributed by atoms with Crippen LogP contribution in [0.15, 0.2) is 71.6 Å². The van der Waals surface area contributed by atoms with E-state index in [4.69, 9.17) is 23.7 Å². The standard InChI is InChI=1S/C40H56N2O8S/c1-29-7-14-36(15-8-29)51(44,45)42-24-40(50-28-33-11-16-39-38(22-33)41(18-20-49-39)17-6-19-46-4)37(23-35(42)21-31(3)43)34-12-9-32(10-13-34)27-48-26-30(2)25-47-5/h7-16,22,30-31,35,37,40,43H,6,17-21,23-28H2,1-5H3/t30?,31?,35-,37+,40-/m0/s1. The number of fused-ring (bicyclic) bond motifs is 1. The van der Waals surface area contributed by atoms with E-state index in [1.54, 1.807) is 37.6 Å². The lowest BCUT2D eigenvalue weighted by Gasteiger charge is -2.44. The van der Waals surface area contributed by atoms with E-state index in [1.807, 2.05) is 31.2 Å². The lowest BCUT2D eigenvalue weighted by atomic mass is 9.82. The first kappa shape index (κ1) is 39.2. The van der Waals surface area contributed by atoms with Crippen LogP contribution in [-0.2, 0) is 42.2 Å². The molecule has 3 aromatic carbocycles. The van der Waals surface area contributed by atoms with Crippen LogP contribution in [0.2, 0.25) is 0 Å². The summed E-state index contributed by atoms with van der Waals surface area (Å²) >= 11 is 0. The van der Waals surface area contributed by atoms with Gasteiger partial charge in [-0.1, -0.05) is 55.0 Å². The molecule has 5 rings (SSSR count). The number of ether oxygens (including phenoxy) is 5. The zero-order chi connectivity index (χ0) is 36.4. The molecule has 0 saturated carbocycles. The summed E-state index contributed by atoms with van der Waals surface area (Å²) in [6.45, 7) is 11.0. The molecule has 0 radical (unpaired) electrons. The molecule has 0 aliphatic carbocycles. The first-order valence-electron chi connectivity index (χ1n) is 18.1. The molecule has 2 unspecified atom stereocenters. The van der Waals surface area contributed by atoms with E-state index in [2.05, 4.69) is 42.2 Å². The predicted molar refractivity (Wildman–Crippen MR) is 199 cm³/mol. The normalized spacial score (nSPS) is 20.8. The summed E-state index contributed by atoms with van der Waals surface area (Å²) in [5, 5.41) is 10.6. The van der Waals surface area contributed by atoms with Crippen LogP contribution in [0.4, 0.5) is 5.69 Å². The Labute approximate surface area is 304 Å². The molecule has 1 N–H and O–H groups in total. The highest BCUT2D eigenvalue weighted by Gasteiger charge is 2.43. The molecule has 0 amide bonds. The number of benzene rings is 3. The van der Waals surface area contributed by atoms with Crippen LogP contribution in [0.1, 0.15) is 61.3 Å². The average Bonchev–Trinajstić information content (AvgIpc) is 3.11. The van der Waals surface area contributed by atoms with Crippen LogP contribution < -0.4 is 9.64 Å². The smallest absolute Gasteiger partial charge is 0.243 e. The van der Waals surface area contributed by atoms with E-state index in [9.17, 15) is 13.5 Å². The number of nitrogens with zero attached hydrogens (tertiary/aromatic N) is 2. The Kier molecular flexibility index (Phi) is 14.3. The molecular formula is C40H56N2O8S. The molecule has 280 valence electrons. The summed E-state index contributed by atoms with van der Waals surface area (Å²) in [6, 6.07) is 21.1. The van der Waals surface area contributed by atoms with Gasteiger partial charge in [0.25, 0.3) is 0 Å². The summed E-state index contributed by atoms with van der Waals surface area (Å²) in [6.07, 6.45) is 0.642. The number of aliphatic hydroxyl groups is 1. The maximum Gasteiger partial charge on any atom is 0.243 e. The number of aryl methyl sites for hydroxylation is 1. The van der Waals surface area contributed by atoms with Gasteiger partial charge in [-0.05, 0) is 74.1 Å². The van der Waals surface area contributed by atoms with E-state index >= 15 is 0 Å². The molecule has 2 heterocycles. The van der Waals surface area contributed by atoms with Gasteiger partial charge in [0, 0.05) is 51.8 Å². The predicted octanol–water partition coefficient (Wildman–Crippen LogP) is 5.93. The minimum Gasteiger partial charge on any atom is -0.490 e. The highest BCUT2D eigenvalue weighted by atomic mass is 32.2. The van der Waals surface area contributed by atoms with Crippen molar-refractivity contribution in [2.45, 2.75) is 82.3 Å². The maximum absolute atomic E-state index is 14.2. The molecule has 3 aromatic rings. The monoisotopic (exact) mass is 724 g/mol. The van der Waals surface area contributed by atoms with E-state index in [0.717, 1.165) is 53.2 Å². The van der Waals surface area contributed by atoms with Crippen LogP contribution in [0.3, 0.4) is 0 Å². The zero-order valence-corrected chi connectivity index (χ0v) is 31.6. The average molecular weight is 725 g/mol. The van der Waals surface area contributed by atoms with Gasteiger partial charge in [-0.25, -0.2) is 8.42 Å². The van der Waals surface area contributed by atoms with Gasteiger partial charge >= 0.3 is 0 Å². The number of hydrogen-bond donors (Lipinski definition) is 1. The molecular weight excluding hydrogens is 669 g/mol. The Morgan fingerprint density at radius 2 is 1.69 bits per heavy atom. The summed E-state index contributed by atoms with van der Waals surface area (Å²) in [5.41, 5.74) is 5.15. The second-order valence-corrected chi connectivity index (χ2v) is 16.0. The van der Waals surface area contributed by atoms with Gasteiger partial charge in [-0.15, -0.1) is 0 Å². The van der Waals surface area contributed by atoms with E-state index in [-0.39, 0.29) is 17.4 Å².